The second-order valence-electron chi connectivity index (χ2n) is 8.52. The summed E-state index contributed by atoms with van der Waals surface area (Å²) in [4.78, 5) is 26.5. The quantitative estimate of drug-likeness (QED) is 0.552. The highest BCUT2D eigenvalue weighted by atomic mass is 32.2. The van der Waals surface area contributed by atoms with Crippen molar-refractivity contribution in [1.29, 1.82) is 0 Å². The summed E-state index contributed by atoms with van der Waals surface area (Å²) < 4.78 is 32.5. The van der Waals surface area contributed by atoms with Crippen molar-refractivity contribution in [1.82, 2.24) is 9.62 Å². The van der Waals surface area contributed by atoms with Gasteiger partial charge in [0.25, 0.3) is 5.91 Å². The summed E-state index contributed by atoms with van der Waals surface area (Å²) in [7, 11) is -3.57. The van der Waals surface area contributed by atoms with Crippen LogP contribution in [0.5, 0.6) is 5.75 Å². The molecule has 2 aromatic rings. The number of hydrogen-bond acceptors (Lipinski definition) is 5. The average Bonchev–Trinajstić information content (AvgIpc) is 3.33. The molecule has 0 unspecified atom stereocenters. The zero-order valence-electron chi connectivity index (χ0n) is 19.0. The molecule has 1 heterocycles. The summed E-state index contributed by atoms with van der Waals surface area (Å²) in [6, 6.07) is 13.1. The van der Waals surface area contributed by atoms with E-state index in [-0.39, 0.29) is 29.2 Å². The zero-order valence-corrected chi connectivity index (χ0v) is 19.9. The standard InChI is InChI=1S/C24H31N3O5S/c1-18(2)16-25-33(30,31)22-11-9-21(10-12-22)32-17-23(28)26-20-7-5-19(6-8-20)15-24(29)27-13-3-4-14-27/h5-12,18,25H,3-4,13-17H2,1-2H3,(H,26,28). The number of nitrogens with zero attached hydrogens (tertiary/aromatic N) is 1. The van der Waals surface area contributed by atoms with E-state index in [1.165, 1.54) is 24.3 Å². The Balaban J connectivity index is 1.45. The third kappa shape index (κ3) is 7.57. The average molecular weight is 474 g/mol. The van der Waals surface area contributed by atoms with E-state index in [1.54, 1.807) is 12.1 Å². The molecule has 0 atom stereocenters. The topological polar surface area (TPSA) is 105 Å². The second kappa shape index (κ2) is 11.3. The SMILES string of the molecule is CC(C)CNS(=O)(=O)c1ccc(OCC(=O)Nc2ccc(CC(=O)N3CCCC3)cc2)cc1. The van der Waals surface area contributed by atoms with Crippen molar-refractivity contribution >= 4 is 27.5 Å². The lowest BCUT2D eigenvalue weighted by Crippen LogP contribution is -2.29. The van der Waals surface area contributed by atoms with E-state index in [1.807, 2.05) is 30.9 Å². The minimum Gasteiger partial charge on any atom is -0.484 e. The molecule has 1 aliphatic heterocycles. The molecule has 0 radical (unpaired) electrons. The molecular weight excluding hydrogens is 442 g/mol. The molecule has 0 saturated carbocycles. The maximum absolute atomic E-state index is 12.2. The fourth-order valence-electron chi connectivity index (χ4n) is 3.38. The Labute approximate surface area is 195 Å². The maximum Gasteiger partial charge on any atom is 0.262 e. The molecular formula is C24H31N3O5S. The molecule has 9 heteroatoms. The number of ether oxygens (including phenoxy) is 1. The smallest absolute Gasteiger partial charge is 0.262 e. The van der Waals surface area contributed by atoms with Crippen molar-refractivity contribution in [3.05, 3.63) is 54.1 Å². The molecule has 3 rings (SSSR count). The lowest BCUT2D eigenvalue weighted by atomic mass is 10.1. The van der Waals surface area contributed by atoms with Gasteiger partial charge in [0.15, 0.2) is 6.61 Å². The number of carbonyl (C=O) groups is 2. The molecule has 33 heavy (non-hydrogen) atoms. The number of amides is 2. The first-order valence-electron chi connectivity index (χ1n) is 11.1. The van der Waals surface area contributed by atoms with E-state index in [2.05, 4.69) is 10.0 Å². The van der Waals surface area contributed by atoms with Crippen LogP contribution in [0.2, 0.25) is 0 Å². The summed E-state index contributed by atoms with van der Waals surface area (Å²) in [5.41, 5.74) is 1.51. The van der Waals surface area contributed by atoms with Gasteiger partial charge in [-0.2, -0.15) is 0 Å². The molecule has 1 aliphatic rings. The van der Waals surface area contributed by atoms with Crippen molar-refractivity contribution in [2.24, 2.45) is 5.92 Å². The summed E-state index contributed by atoms with van der Waals surface area (Å²) in [6.45, 7) is 5.66. The first kappa shape index (κ1) is 24.7. The second-order valence-corrected chi connectivity index (χ2v) is 10.3. The lowest BCUT2D eigenvalue weighted by Gasteiger charge is -2.15. The highest BCUT2D eigenvalue weighted by molar-refractivity contribution is 7.89. The van der Waals surface area contributed by atoms with Crippen LogP contribution in [0.25, 0.3) is 0 Å². The van der Waals surface area contributed by atoms with Gasteiger partial charge in [-0.15, -0.1) is 0 Å². The van der Waals surface area contributed by atoms with E-state index in [0.29, 0.717) is 24.4 Å². The fourth-order valence-corrected chi connectivity index (χ4v) is 4.59. The van der Waals surface area contributed by atoms with E-state index < -0.39 is 10.0 Å². The van der Waals surface area contributed by atoms with Crippen LogP contribution in [0.15, 0.2) is 53.4 Å². The third-order valence-corrected chi connectivity index (χ3v) is 6.68. The summed E-state index contributed by atoms with van der Waals surface area (Å²) in [5.74, 6) is 0.386. The van der Waals surface area contributed by atoms with E-state index in [0.717, 1.165) is 31.5 Å². The molecule has 0 aliphatic carbocycles. The van der Waals surface area contributed by atoms with Crippen LogP contribution in [0.1, 0.15) is 32.3 Å². The Bertz CT molecular complexity index is 1040. The molecule has 8 nitrogen and oxygen atoms in total. The van der Waals surface area contributed by atoms with Gasteiger partial charge in [-0.3, -0.25) is 9.59 Å². The minimum atomic E-state index is -3.57. The van der Waals surface area contributed by atoms with E-state index >= 15 is 0 Å². The Morgan fingerprint density at radius 2 is 1.64 bits per heavy atom. The van der Waals surface area contributed by atoms with Crippen molar-refractivity contribution in [3.63, 3.8) is 0 Å². The number of anilines is 1. The van der Waals surface area contributed by atoms with Crippen LogP contribution >= 0.6 is 0 Å². The molecule has 2 amide bonds. The minimum absolute atomic E-state index is 0.132. The normalized spacial score (nSPS) is 13.8. The molecule has 2 N–H and O–H groups in total. The fraction of sp³-hybridized carbons (Fsp3) is 0.417. The molecule has 1 saturated heterocycles. The van der Waals surface area contributed by atoms with Crippen LogP contribution in [0.3, 0.4) is 0 Å². The third-order valence-electron chi connectivity index (χ3n) is 5.24. The number of nitrogens with one attached hydrogen (secondary N) is 2. The van der Waals surface area contributed by atoms with Gasteiger partial charge in [0.05, 0.1) is 11.3 Å². The zero-order chi connectivity index (χ0) is 23.8. The van der Waals surface area contributed by atoms with E-state index in [4.69, 9.17) is 4.74 Å². The van der Waals surface area contributed by atoms with Crippen LogP contribution in [-0.4, -0.2) is 51.4 Å². The molecule has 2 aromatic carbocycles. The highest BCUT2D eigenvalue weighted by Gasteiger charge is 2.18. The number of benzene rings is 2. The Morgan fingerprint density at radius 3 is 2.24 bits per heavy atom. The Kier molecular flexibility index (Phi) is 8.46. The van der Waals surface area contributed by atoms with Crippen LogP contribution < -0.4 is 14.8 Å². The molecule has 0 spiro atoms. The predicted molar refractivity (Wildman–Crippen MR) is 127 cm³/mol. The number of rotatable bonds is 10. The molecule has 0 bridgehead atoms. The largest absolute Gasteiger partial charge is 0.484 e. The Morgan fingerprint density at radius 1 is 1.00 bits per heavy atom. The number of sulfonamides is 1. The van der Waals surface area contributed by atoms with Crippen molar-refractivity contribution in [2.45, 2.75) is 38.0 Å². The molecule has 0 aromatic heterocycles. The van der Waals surface area contributed by atoms with Gasteiger partial charge < -0.3 is 15.0 Å². The summed E-state index contributed by atoms with van der Waals surface area (Å²) in [6.07, 6.45) is 2.49. The predicted octanol–water partition coefficient (Wildman–Crippen LogP) is 2.80. The summed E-state index contributed by atoms with van der Waals surface area (Å²) in [5, 5.41) is 2.75. The van der Waals surface area contributed by atoms with Gasteiger partial charge in [0, 0.05) is 25.3 Å². The van der Waals surface area contributed by atoms with Gasteiger partial charge in [0.1, 0.15) is 5.75 Å². The summed E-state index contributed by atoms with van der Waals surface area (Å²) >= 11 is 0. The maximum atomic E-state index is 12.2. The van der Waals surface area contributed by atoms with Crippen LogP contribution in [-0.2, 0) is 26.0 Å². The van der Waals surface area contributed by atoms with Crippen molar-refractivity contribution < 1.29 is 22.7 Å². The molecule has 178 valence electrons. The van der Waals surface area contributed by atoms with Crippen molar-refractivity contribution in [2.75, 3.05) is 31.6 Å². The van der Waals surface area contributed by atoms with Gasteiger partial charge in [-0.1, -0.05) is 26.0 Å². The van der Waals surface area contributed by atoms with Gasteiger partial charge in [-0.05, 0) is 60.7 Å². The first-order chi connectivity index (χ1) is 15.7. The van der Waals surface area contributed by atoms with Crippen molar-refractivity contribution in [3.8, 4) is 5.75 Å². The Hall–Kier alpha value is -2.91. The van der Waals surface area contributed by atoms with Crippen LogP contribution in [0.4, 0.5) is 5.69 Å². The number of hydrogen-bond donors (Lipinski definition) is 2. The first-order valence-corrected chi connectivity index (χ1v) is 12.6. The molecule has 1 fully saturated rings. The van der Waals surface area contributed by atoms with Gasteiger partial charge in [-0.25, -0.2) is 13.1 Å². The van der Waals surface area contributed by atoms with Gasteiger partial charge in [0.2, 0.25) is 15.9 Å². The van der Waals surface area contributed by atoms with Crippen LogP contribution in [0, 0.1) is 5.92 Å². The number of carbonyl (C=O) groups excluding carboxylic acids is 2. The van der Waals surface area contributed by atoms with E-state index in [9.17, 15) is 18.0 Å². The monoisotopic (exact) mass is 473 g/mol. The van der Waals surface area contributed by atoms with Gasteiger partial charge >= 0.3 is 0 Å². The number of likely N-dealkylation sites (tertiary alicyclic amines) is 1. The lowest BCUT2D eigenvalue weighted by molar-refractivity contribution is -0.129. The highest BCUT2D eigenvalue weighted by Crippen LogP contribution is 2.17.